The average Bonchev–Trinajstić information content (AvgIpc) is 2.26. The van der Waals surface area contributed by atoms with Gasteiger partial charge in [-0.2, -0.15) is 0 Å². The predicted molar refractivity (Wildman–Crippen MR) is 67.6 cm³/mol. The Kier molecular flexibility index (Phi) is 5.28. The van der Waals surface area contributed by atoms with E-state index in [9.17, 15) is 9.18 Å². The van der Waals surface area contributed by atoms with Crippen molar-refractivity contribution in [3.05, 3.63) is 24.0 Å². The van der Waals surface area contributed by atoms with Gasteiger partial charge >= 0.3 is 5.97 Å². The van der Waals surface area contributed by atoms with Crippen LogP contribution in [0.5, 0.6) is 0 Å². The highest BCUT2D eigenvalue weighted by atomic mass is 32.2. The van der Waals surface area contributed by atoms with Gasteiger partial charge in [0, 0.05) is 10.6 Å². The van der Waals surface area contributed by atoms with Crippen molar-refractivity contribution in [1.29, 1.82) is 0 Å². The van der Waals surface area contributed by atoms with Gasteiger partial charge in [-0.05, 0) is 24.6 Å². The van der Waals surface area contributed by atoms with E-state index in [4.69, 9.17) is 10.8 Å². The van der Waals surface area contributed by atoms with Crippen LogP contribution in [-0.4, -0.2) is 16.3 Å². The quantitative estimate of drug-likeness (QED) is 0.607. The van der Waals surface area contributed by atoms with Gasteiger partial charge in [-0.15, -0.1) is 11.8 Å². The lowest BCUT2D eigenvalue weighted by Gasteiger charge is -2.12. The van der Waals surface area contributed by atoms with Gasteiger partial charge in [-0.25, -0.2) is 4.39 Å². The van der Waals surface area contributed by atoms with E-state index < -0.39 is 17.0 Å². The standard InChI is InChI=1S/C12H16FNO2S/c1-2-3-4-11(12(15)16)17-10-6-5-8(14)7-9(10)13/h5-7,11H,2-4,14H2,1H3,(H,15,16). The fourth-order valence-electron chi connectivity index (χ4n) is 1.39. The van der Waals surface area contributed by atoms with Crippen LogP contribution < -0.4 is 5.73 Å². The molecule has 17 heavy (non-hydrogen) atoms. The summed E-state index contributed by atoms with van der Waals surface area (Å²) < 4.78 is 13.5. The number of rotatable bonds is 6. The van der Waals surface area contributed by atoms with E-state index in [-0.39, 0.29) is 0 Å². The van der Waals surface area contributed by atoms with Crippen LogP contribution in [0.15, 0.2) is 23.1 Å². The normalized spacial score (nSPS) is 12.4. The zero-order chi connectivity index (χ0) is 12.8. The Morgan fingerprint density at radius 3 is 2.82 bits per heavy atom. The molecule has 94 valence electrons. The van der Waals surface area contributed by atoms with Crippen molar-refractivity contribution in [2.75, 3.05) is 5.73 Å². The molecule has 0 spiro atoms. The number of nitrogens with two attached hydrogens (primary N) is 1. The second-order valence-electron chi connectivity index (χ2n) is 3.78. The first-order valence-corrected chi connectivity index (χ1v) is 6.37. The Morgan fingerprint density at radius 1 is 1.59 bits per heavy atom. The summed E-state index contributed by atoms with van der Waals surface area (Å²) in [5, 5.41) is 8.44. The molecule has 0 fully saturated rings. The number of anilines is 1. The second kappa shape index (κ2) is 6.49. The van der Waals surface area contributed by atoms with Crippen molar-refractivity contribution in [2.24, 2.45) is 0 Å². The van der Waals surface area contributed by atoms with E-state index in [0.29, 0.717) is 17.0 Å². The molecular formula is C12H16FNO2S. The van der Waals surface area contributed by atoms with Crippen LogP contribution in [0.4, 0.5) is 10.1 Å². The molecule has 1 atom stereocenters. The fraction of sp³-hybridized carbons (Fsp3) is 0.417. The Morgan fingerprint density at radius 2 is 2.29 bits per heavy atom. The monoisotopic (exact) mass is 257 g/mol. The van der Waals surface area contributed by atoms with Gasteiger partial charge in [-0.1, -0.05) is 19.8 Å². The number of carbonyl (C=O) groups is 1. The summed E-state index contributed by atoms with van der Waals surface area (Å²) in [5.74, 6) is -1.36. The maximum absolute atomic E-state index is 13.5. The molecule has 3 N–H and O–H groups in total. The van der Waals surface area contributed by atoms with Gasteiger partial charge in [0.1, 0.15) is 11.1 Å². The van der Waals surface area contributed by atoms with E-state index in [1.165, 1.54) is 12.1 Å². The maximum atomic E-state index is 13.5. The summed E-state index contributed by atoms with van der Waals surface area (Å²) >= 11 is 1.04. The van der Waals surface area contributed by atoms with Crippen LogP contribution in [0, 0.1) is 5.82 Å². The highest BCUT2D eigenvalue weighted by Gasteiger charge is 2.19. The molecule has 3 nitrogen and oxygen atoms in total. The molecule has 0 saturated carbocycles. The number of hydrogen-bond acceptors (Lipinski definition) is 3. The minimum atomic E-state index is -0.903. The highest BCUT2D eigenvalue weighted by molar-refractivity contribution is 8.00. The first kappa shape index (κ1) is 13.8. The van der Waals surface area contributed by atoms with Crippen LogP contribution in [-0.2, 0) is 4.79 Å². The summed E-state index contributed by atoms with van der Waals surface area (Å²) in [4.78, 5) is 11.4. The third-order valence-corrected chi connectivity index (χ3v) is 3.63. The summed E-state index contributed by atoms with van der Waals surface area (Å²) in [6, 6.07) is 4.31. The molecule has 0 bridgehead atoms. The molecule has 0 aliphatic carbocycles. The lowest BCUT2D eigenvalue weighted by atomic mass is 10.2. The van der Waals surface area contributed by atoms with E-state index in [0.717, 1.165) is 24.6 Å². The molecule has 0 amide bonds. The molecule has 1 unspecified atom stereocenters. The minimum Gasteiger partial charge on any atom is -0.480 e. The predicted octanol–water partition coefficient (Wildman–Crippen LogP) is 3.14. The summed E-state index contributed by atoms with van der Waals surface area (Å²) in [6.45, 7) is 1.99. The number of aliphatic carboxylic acids is 1. The van der Waals surface area contributed by atoms with Crippen molar-refractivity contribution in [1.82, 2.24) is 0 Å². The maximum Gasteiger partial charge on any atom is 0.316 e. The fourth-order valence-corrected chi connectivity index (χ4v) is 2.40. The Bertz CT molecular complexity index is 398. The number of benzene rings is 1. The number of hydrogen-bond donors (Lipinski definition) is 2. The van der Waals surface area contributed by atoms with Gasteiger partial charge < -0.3 is 10.8 Å². The van der Waals surface area contributed by atoms with Crippen LogP contribution in [0.1, 0.15) is 26.2 Å². The van der Waals surface area contributed by atoms with Crippen LogP contribution in [0.2, 0.25) is 0 Å². The SMILES string of the molecule is CCCCC(Sc1ccc(N)cc1F)C(=O)O. The van der Waals surface area contributed by atoms with Gasteiger partial charge in [0.25, 0.3) is 0 Å². The molecule has 0 aromatic heterocycles. The van der Waals surface area contributed by atoms with E-state index >= 15 is 0 Å². The summed E-state index contributed by atoms with van der Waals surface area (Å²) in [7, 11) is 0. The van der Waals surface area contributed by atoms with E-state index in [1.807, 2.05) is 6.92 Å². The molecule has 0 heterocycles. The second-order valence-corrected chi connectivity index (χ2v) is 5.02. The lowest BCUT2D eigenvalue weighted by molar-refractivity contribution is -0.136. The first-order valence-electron chi connectivity index (χ1n) is 5.49. The molecule has 0 radical (unpaired) electrons. The number of halogens is 1. The van der Waals surface area contributed by atoms with Crippen molar-refractivity contribution in [2.45, 2.75) is 36.3 Å². The van der Waals surface area contributed by atoms with E-state index in [2.05, 4.69) is 0 Å². The van der Waals surface area contributed by atoms with Crippen molar-refractivity contribution < 1.29 is 14.3 Å². The zero-order valence-electron chi connectivity index (χ0n) is 9.65. The van der Waals surface area contributed by atoms with Crippen molar-refractivity contribution in [3.63, 3.8) is 0 Å². The largest absolute Gasteiger partial charge is 0.480 e. The Labute approximate surface area is 104 Å². The van der Waals surface area contributed by atoms with Gasteiger partial charge in [0.2, 0.25) is 0 Å². The van der Waals surface area contributed by atoms with Crippen LogP contribution in [0.3, 0.4) is 0 Å². The smallest absolute Gasteiger partial charge is 0.316 e. The highest BCUT2D eigenvalue weighted by Crippen LogP contribution is 2.30. The molecule has 0 saturated heterocycles. The molecule has 0 aliphatic heterocycles. The number of thioether (sulfide) groups is 1. The van der Waals surface area contributed by atoms with Gasteiger partial charge in [-0.3, -0.25) is 4.79 Å². The zero-order valence-corrected chi connectivity index (χ0v) is 10.5. The molecule has 1 rings (SSSR count). The molecule has 0 aliphatic rings. The van der Waals surface area contributed by atoms with E-state index in [1.54, 1.807) is 6.07 Å². The average molecular weight is 257 g/mol. The topological polar surface area (TPSA) is 63.3 Å². The minimum absolute atomic E-state index is 0.336. The van der Waals surface area contributed by atoms with Crippen molar-refractivity contribution >= 4 is 23.4 Å². The van der Waals surface area contributed by atoms with Gasteiger partial charge in [0.05, 0.1) is 0 Å². The van der Waals surface area contributed by atoms with Crippen LogP contribution in [0.25, 0.3) is 0 Å². The summed E-state index contributed by atoms with van der Waals surface area (Å²) in [5.41, 5.74) is 5.77. The third-order valence-electron chi connectivity index (χ3n) is 2.32. The number of carboxylic acid groups (broad SMARTS) is 1. The number of unbranched alkanes of at least 4 members (excludes halogenated alkanes) is 1. The Hall–Kier alpha value is -1.23. The lowest BCUT2D eigenvalue weighted by Crippen LogP contribution is -2.16. The third kappa shape index (κ3) is 4.26. The molecular weight excluding hydrogens is 241 g/mol. The molecule has 1 aromatic rings. The van der Waals surface area contributed by atoms with Crippen LogP contribution >= 0.6 is 11.8 Å². The summed E-state index contributed by atoms with van der Waals surface area (Å²) in [6.07, 6.45) is 2.29. The van der Waals surface area contributed by atoms with Gasteiger partial charge in [0.15, 0.2) is 0 Å². The Balaban J connectivity index is 2.75. The number of carboxylic acids is 1. The molecule has 5 heteroatoms. The first-order chi connectivity index (χ1) is 8.04. The molecule has 1 aromatic carbocycles. The number of nitrogen functional groups attached to an aromatic ring is 1. The van der Waals surface area contributed by atoms with Crippen molar-refractivity contribution in [3.8, 4) is 0 Å².